The third-order valence-electron chi connectivity index (χ3n) is 8.42. The van der Waals surface area contributed by atoms with E-state index in [1.54, 1.807) is 0 Å². The Morgan fingerprint density at radius 2 is 1.72 bits per heavy atom. The first-order chi connectivity index (χ1) is 13.9. The maximum Gasteiger partial charge on any atom is 0.226 e. The highest BCUT2D eigenvalue weighted by Gasteiger charge is 2.56. The van der Waals surface area contributed by atoms with Crippen molar-refractivity contribution in [3.05, 3.63) is 35.9 Å². The second-order valence-electron chi connectivity index (χ2n) is 11.4. The standard InChI is InChI=1S/C27H41NO/c1-4-15-25(2)16-21-17-26(3,24(29)28-23-13-9-6-10-14-23)20-27(18-21,19-25)22-11-7-5-8-12-22/h5,7-8,11-12,21,23H,4,6,9-10,13-20H2,1-3H3,(H,28,29)/t21?,25-,26?,27?/m0/s1. The molecule has 1 aromatic rings. The van der Waals surface area contributed by atoms with Gasteiger partial charge >= 0.3 is 0 Å². The lowest BCUT2D eigenvalue weighted by Gasteiger charge is -2.58. The monoisotopic (exact) mass is 395 g/mol. The van der Waals surface area contributed by atoms with Crippen molar-refractivity contribution in [2.45, 2.75) is 109 Å². The zero-order valence-electron chi connectivity index (χ0n) is 18.9. The highest BCUT2D eigenvalue weighted by atomic mass is 16.2. The van der Waals surface area contributed by atoms with Crippen LogP contribution in [0.5, 0.6) is 0 Å². The summed E-state index contributed by atoms with van der Waals surface area (Å²) in [5.74, 6) is 1.00. The zero-order chi connectivity index (χ0) is 20.5. The largest absolute Gasteiger partial charge is 0.353 e. The number of carbonyl (C=O) groups excluding carboxylic acids is 1. The minimum atomic E-state index is -0.232. The van der Waals surface area contributed by atoms with Gasteiger partial charge in [-0.2, -0.15) is 0 Å². The summed E-state index contributed by atoms with van der Waals surface area (Å²) in [6.45, 7) is 7.12. The van der Waals surface area contributed by atoms with Crippen molar-refractivity contribution in [3.8, 4) is 0 Å². The van der Waals surface area contributed by atoms with Crippen LogP contribution in [0.2, 0.25) is 0 Å². The molecule has 4 rings (SSSR count). The number of amides is 1. The average Bonchev–Trinajstić information content (AvgIpc) is 2.68. The highest BCUT2D eigenvalue weighted by Crippen LogP contribution is 2.62. The van der Waals surface area contributed by atoms with Crippen molar-refractivity contribution in [1.29, 1.82) is 0 Å². The molecule has 3 unspecified atom stereocenters. The molecule has 1 amide bonds. The number of hydrogen-bond donors (Lipinski definition) is 1. The molecular weight excluding hydrogens is 354 g/mol. The number of rotatable bonds is 5. The van der Waals surface area contributed by atoms with Crippen LogP contribution < -0.4 is 5.32 Å². The topological polar surface area (TPSA) is 29.1 Å². The molecule has 3 aliphatic carbocycles. The van der Waals surface area contributed by atoms with Crippen molar-refractivity contribution in [3.63, 3.8) is 0 Å². The van der Waals surface area contributed by atoms with Gasteiger partial charge in [0.25, 0.3) is 0 Å². The molecule has 1 aromatic carbocycles. The summed E-state index contributed by atoms with van der Waals surface area (Å²) in [4.78, 5) is 13.6. The molecule has 4 atom stereocenters. The van der Waals surface area contributed by atoms with Gasteiger partial charge in [-0.3, -0.25) is 4.79 Å². The molecule has 0 radical (unpaired) electrons. The van der Waals surface area contributed by atoms with E-state index in [4.69, 9.17) is 0 Å². The molecule has 3 fully saturated rings. The van der Waals surface area contributed by atoms with Crippen molar-refractivity contribution >= 4 is 5.91 Å². The zero-order valence-corrected chi connectivity index (χ0v) is 18.9. The van der Waals surface area contributed by atoms with Crippen LogP contribution in [0.4, 0.5) is 0 Å². The van der Waals surface area contributed by atoms with Crippen molar-refractivity contribution in [2.75, 3.05) is 0 Å². The average molecular weight is 396 g/mol. The van der Waals surface area contributed by atoms with Gasteiger partial charge in [0.15, 0.2) is 0 Å². The summed E-state index contributed by atoms with van der Waals surface area (Å²) in [5, 5.41) is 3.49. The lowest BCUT2D eigenvalue weighted by atomic mass is 9.46. The molecule has 1 N–H and O–H groups in total. The number of carbonyl (C=O) groups is 1. The van der Waals surface area contributed by atoms with E-state index >= 15 is 0 Å². The van der Waals surface area contributed by atoms with Gasteiger partial charge in [0, 0.05) is 11.5 Å². The molecule has 3 aliphatic rings. The van der Waals surface area contributed by atoms with E-state index in [0.717, 1.165) is 12.8 Å². The predicted octanol–water partition coefficient (Wildman–Crippen LogP) is 6.78. The molecule has 0 saturated heterocycles. The van der Waals surface area contributed by atoms with Gasteiger partial charge in [0.2, 0.25) is 5.91 Å². The van der Waals surface area contributed by atoms with Crippen molar-refractivity contribution < 1.29 is 4.79 Å². The van der Waals surface area contributed by atoms with Crippen LogP contribution in [0.1, 0.15) is 103 Å². The Kier molecular flexibility index (Phi) is 5.84. The van der Waals surface area contributed by atoms with E-state index < -0.39 is 0 Å². The maximum atomic E-state index is 13.6. The fourth-order valence-corrected chi connectivity index (χ4v) is 7.71. The first kappa shape index (κ1) is 20.9. The molecule has 0 heterocycles. The maximum absolute atomic E-state index is 13.6. The Morgan fingerprint density at radius 1 is 1.00 bits per heavy atom. The molecule has 0 spiro atoms. The molecule has 2 nitrogen and oxygen atoms in total. The third kappa shape index (κ3) is 4.28. The lowest BCUT2D eigenvalue weighted by molar-refractivity contribution is -0.139. The van der Waals surface area contributed by atoms with Crippen LogP contribution in [0.15, 0.2) is 30.3 Å². The van der Waals surface area contributed by atoms with E-state index in [0.29, 0.717) is 23.3 Å². The molecular formula is C27H41NO. The summed E-state index contributed by atoms with van der Waals surface area (Å²) in [5.41, 5.74) is 1.81. The molecule has 2 bridgehead atoms. The Hall–Kier alpha value is -1.31. The Labute approximate surface area is 178 Å². The van der Waals surface area contributed by atoms with Crippen LogP contribution >= 0.6 is 0 Å². The smallest absolute Gasteiger partial charge is 0.226 e. The molecule has 3 saturated carbocycles. The number of nitrogens with one attached hydrogen (secondary N) is 1. The number of benzene rings is 1. The fraction of sp³-hybridized carbons (Fsp3) is 0.741. The first-order valence-electron chi connectivity index (χ1n) is 12.2. The summed E-state index contributed by atoms with van der Waals surface area (Å²) in [6, 6.07) is 11.6. The van der Waals surface area contributed by atoms with Crippen molar-refractivity contribution in [1.82, 2.24) is 5.32 Å². The van der Waals surface area contributed by atoms with Gasteiger partial charge in [0.1, 0.15) is 0 Å². The van der Waals surface area contributed by atoms with Gasteiger partial charge in [-0.05, 0) is 73.7 Å². The Balaban J connectivity index is 1.62. The minimum absolute atomic E-state index is 0.158. The predicted molar refractivity (Wildman–Crippen MR) is 121 cm³/mol. The number of fused-ring (bicyclic) bond motifs is 2. The van der Waals surface area contributed by atoms with Gasteiger partial charge in [-0.15, -0.1) is 0 Å². The van der Waals surface area contributed by atoms with Crippen LogP contribution in [0.3, 0.4) is 0 Å². The summed E-state index contributed by atoms with van der Waals surface area (Å²) in [6.07, 6.45) is 14.7. The molecule has 0 aliphatic heterocycles. The van der Waals surface area contributed by atoms with E-state index in [9.17, 15) is 4.79 Å². The number of hydrogen-bond acceptors (Lipinski definition) is 1. The van der Waals surface area contributed by atoms with Crippen LogP contribution in [0.25, 0.3) is 0 Å². The molecule has 2 heteroatoms. The minimum Gasteiger partial charge on any atom is -0.353 e. The molecule has 160 valence electrons. The normalized spacial score (nSPS) is 37.8. The third-order valence-corrected chi connectivity index (χ3v) is 8.42. The second kappa shape index (κ2) is 8.08. The molecule has 29 heavy (non-hydrogen) atoms. The van der Waals surface area contributed by atoms with Crippen LogP contribution in [-0.2, 0) is 10.2 Å². The SMILES string of the molecule is CCC[C@@]1(C)CC2CC(C)(C(=O)NC3CCCCC3)CC(c3ccccc3)(C2)C1. The van der Waals surface area contributed by atoms with Gasteiger partial charge < -0.3 is 5.32 Å². The van der Waals surface area contributed by atoms with Crippen LogP contribution in [0, 0.1) is 16.7 Å². The van der Waals surface area contributed by atoms with Gasteiger partial charge in [-0.1, -0.05) is 76.8 Å². The quantitative estimate of drug-likeness (QED) is 0.585. The van der Waals surface area contributed by atoms with Crippen LogP contribution in [-0.4, -0.2) is 11.9 Å². The van der Waals surface area contributed by atoms with Crippen molar-refractivity contribution in [2.24, 2.45) is 16.7 Å². The fourth-order valence-electron chi connectivity index (χ4n) is 7.71. The summed E-state index contributed by atoms with van der Waals surface area (Å²) >= 11 is 0. The Bertz CT molecular complexity index is 709. The Morgan fingerprint density at radius 3 is 2.41 bits per heavy atom. The molecule has 0 aromatic heterocycles. The first-order valence-corrected chi connectivity index (χ1v) is 12.2. The second-order valence-corrected chi connectivity index (χ2v) is 11.4. The van der Waals surface area contributed by atoms with E-state index in [1.165, 1.54) is 69.8 Å². The van der Waals surface area contributed by atoms with E-state index in [2.05, 4.69) is 56.4 Å². The van der Waals surface area contributed by atoms with Gasteiger partial charge in [0.05, 0.1) is 0 Å². The lowest BCUT2D eigenvalue weighted by Crippen LogP contribution is -2.55. The summed E-state index contributed by atoms with van der Waals surface area (Å²) in [7, 11) is 0. The van der Waals surface area contributed by atoms with E-state index in [-0.39, 0.29) is 10.8 Å². The highest BCUT2D eigenvalue weighted by molar-refractivity contribution is 5.83. The van der Waals surface area contributed by atoms with Gasteiger partial charge in [-0.25, -0.2) is 0 Å². The summed E-state index contributed by atoms with van der Waals surface area (Å²) < 4.78 is 0. The van der Waals surface area contributed by atoms with E-state index in [1.807, 2.05) is 0 Å².